The van der Waals surface area contributed by atoms with E-state index in [1.54, 1.807) is 11.8 Å². The largest absolute Gasteiger partial charge is 0.423 e. The molecule has 3 heterocycles. The van der Waals surface area contributed by atoms with Crippen LogP contribution in [0.1, 0.15) is 33.1 Å². The van der Waals surface area contributed by atoms with Crippen LogP contribution in [0, 0.1) is 13.8 Å². The molecule has 8 heteroatoms. The average molecular weight is 372 g/mol. The van der Waals surface area contributed by atoms with Crippen molar-refractivity contribution in [1.29, 1.82) is 0 Å². The molecule has 1 amide bonds. The fourth-order valence-electron chi connectivity index (χ4n) is 2.14. The van der Waals surface area contributed by atoms with Gasteiger partial charge in [-0.15, -0.1) is 21.5 Å². The molecule has 1 fully saturated rings. The van der Waals surface area contributed by atoms with Crippen molar-refractivity contribution in [3.8, 4) is 0 Å². The number of amides is 1. The summed E-state index contributed by atoms with van der Waals surface area (Å²) in [7, 11) is 0. The highest BCUT2D eigenvalue weighted by molar-refractivity contribution is 9.10. The zero-order valence-corrected chi connectivity index (χ0v) is 14.0. The number of hydrogen-bond acceptors (Lipinski definition) is 6. The molecule has 2 aromatic rings. The molecule has 1 aliphatic rings. The molecule has 0 saturated carbocycles. The topological polar surface area (TPSA) is 68.5 Å². The predicted octanol–water partition coefficient (Wildman–Crippen LogP) is 2.72. The highest BCUT2D eigenvalue weighted by atomic mass is 79.9. The lowest BCUT2D eigenvalue weighted by Crippen LogP contribution is -2.42. The van der Waals surface area contributed by atoms with Gasteiger partial charge >= 0.3 is 0 Å². The maximum Gasteiger partial charge on any atom is 0.265 e. The summed E-state index contributed by atoms with van der Waals surface area (Å²) < 4.78 is 11.9. The van der Waals surface area contributed by atoms with Crippen LogP contribution in [0.2, 0.25) is 0 Å². The fourth-order valence-corrected chi connectivity index (χ4v) is 3.77. The molecule has 0 spiro atoms. The number of rotatable bonds is 2. The third kappa shape index (κ3) is 2.88. The molecule has 6 nitrogen and oxygen atoms in total. The van der Waals surface area contributed by atoms with Gasteiger partial charge in [0, 0.05) is 17.9 Å². The third-order valence-corrected chi connectivity index (χ3v) is 5.63. The maximum absolute atomic E-state index is 12.6. The molecule has 1 aliphatic heterocycles. The van der Waals surface area contributed by atoms with E-state index in [1.165, 1.54) is 11.3 Å². The van der Waals surface area contributed by atoms with Gasteiger partial charge in [0.05, 0.1) is 13.2 Å². The second kappa shape index (κ2) is 5.86. The molecule has 0 bridgehead atoms. The third-order valence-electron chi connectivity index (χ3n) is 3.26. The highest BCUT2D eigenvalue weighted by Crippen LogP contribution is 2.30. The van der Waals surface area contributed by atoms with Crippen molar-refractivity contribution < 1.29 is 13.9 Å². The fraction of sp³-hybridized carbons (Fsp3) is 0.462. The highest BCUT2D eigenvalue weighted by Gasteiger charge is 2.30. The van der Waals surface area contributed by atoms with E-state index in [2.05, 4.69) is 26.1 Å². The van der Waals surface area contributed by atoms with Crippen molar-refractivity contribution in [1.82, 2.24) is 15.1 Å². The molecule has 0 N–H and O–H groups in total. The number of hydrogen-bond donors (Lipinski definition) is 0. The number of aromatic nitrogens is 2. The Bertz CT molecular complexity index is 669. The first-order chi connectivity index (χ1) is 10.1. The van der Waals surface area contributed by atoms with E-state index in [1.807, 2.05) is 12.3 Å². The summed E-state index contributed by atoms with van der Waals surface area (Å²) in [4.78, 5) is 15.1. The van der Waals surface area contributed by atoms with Gasteiger partial charge in [-0.2, -0.15) is 0 Å². The molecule has 112 valence electrons. The van der Waals surface area contributed by atoms with Crippen LogP contribution in [-0.4, -0.2) is 40.7 Å². The van der Waals surface area contributed by atoms with Crippen LogP contribution in [0.5, 0.6) is 0 Å². The van der Waals surface area contributed by atoms with Gasteiger partial charge in [0.15, 0.2) is 6.10 Å². The lowest BCUT2D eigenvalue weighted by atomic mass is 10.2. The van der Waals surface area contributed by atoms with E-state index < -0.39 is 0 Å². The van der Waals surface area contributed by atoms with E-state index in [-0.39, 0.29) is 12.0 Å². The summed E-state index contributed by atoms with van der Waals surface area (Å²) in [6, 6.07) is 0. The van der Waals surface area contributed by atoms with Crippen LogP contribution in [0.25, 0.3) is 0 Å². The lowest BCUT2D eigenvalue weighted by Gasteiger charge is -2.31. The monoisotopic (exact) mass is 371 g/mol. The molecule has 1 atom stereocenters. The van der Waals surface area contributed by atoms with E-state index in [4.69, 9.17) is 9.15 Å². The Kier molecular flexibility index (Phi) is 4.10. The molecule has 1 saturated heterocycles. The van der Waals surface area contributed by atoms with Crippen LogP contribution >= 0.6 is 27.3 Å². The smallest absolute Gasteiger partial charge is 0.265 e. The minimum absolute atomic E-state index is 0.00418. The zero-order chi connectivity index (χ0) is 15.0. The number of nitrogens with zero attached hydrogens (tertiary/aromatic N) is 3. The van der Waals surface area contributed by atoms with Crippen molar-refractivity contribution in [3.63, 3.8) is 0 Å². The molecule has 0 radical (unpaired) electrons. The molecule has 3 rings (SSSR count). The Morgan fingerprint density at radius 3 is 2.90 bits per heavy atom. The summed E-state index contributed by atoms with van der Waals surface area (Å²) in [5.41, 5.74) is 1.07. The lowest BCUT2D eigenvalue weighted by molar-refractivity contribution is -0.0348. The predicted molar refractivity (Wildman–Crippen MR) is 80.4 cm³/mol. The van der Waals surface area contributed by atoms with Crippen molar-refractivity contribution in [2.24, 2.45) is 0 Å². The van der Waals surface area contributed by atoms with Gasteiger partial charge in [0.1, 0.15) is 4.88 Å². The Labute approximate surface area is 134 Å². The minimum Gasteiger partial charge on any atom is -0.423 e. The van der Waals surface area contributed by atoms with Crippen LogP contribution in [0.4, 0.5) is 0 Å². The van der Waals surface area contributed by atoms with Gasteiger partial charge in [0.2, 0.25) is 11.8 Å². The number of halogens is 1. The van der Waals surface area contributed by atoms with E-state index in [0.29, 0.717) is 31.5 Å². The van der Waals surface area contributed by atoms with Gasteiger partial charge in [0.25, 0.3) is 5.91 Å². The van der Waals surface area contributed by atoms with Gasteiger partial charge in [-0.25, -0.2) is 0 Å². The summed E-state index contributed by atoms with van der Waals surface area (Å²) in [5, 5.41) is 9.74. The van der Waals surface area contributed by atoms with Gasteiger partial charge < -0.3 is 14.1 Å². The summed E-state index contributed by atoms with van der Waals surface area (Å²) >= 11 is 4.92. The van der Waals surface area contributed by atoms with E-state index in [0.717, 1.165) is 14.9 Å². The molecule has 2 aromatic heterocycles. The molecule has 0 aromatic carbocycles. The van der Waals surface area contributed by atoms with Crippen LogP contribution in [-0.2, 0) is 4.74 Å². The van der Waals surface area contributed by atoms with Crippen LogP contribution < -0.4 is 0 Å². The Balaban J connectivity index is 1.77. The Hall–Kier alpha value is -1.25. The van der Waals surface area contributed by atoms with Gasteiger partial charge in [-0.1, -0.05) is 0 Å². The maximum atomic E-state index is 12.6. The SMILES string of the molecule is Cc1nnc(C2CN(C(=O)c3scc(C)c3Br)CCO2)o1. The number of carbonyl (C=O) groups is 1. The molecule has 0 aliphatic carbocycles. The van der Waals surface area contributed by atoms with E-state index in [9.17, 15) is 4.79 Å². The number of aryl methyl sites for hydroxylation is 2. The van der Waals surface area contributed by atoms with Crippen molar-refractivity contribution in [2.75, 3.05) is 19.7 Å². The van der Waals surface area contributed by atoms with E-state index >= 15 is 0 Å². The second-order valence-electron chi connectivity index (χ2n) is 4.83. The molecule has 21 heavy (non-hydrogen) atoms. The Morgan fingerprint density at radius 1 is 1.48 bits per heavy atom. The number of ether oxygens (including phenoxy) is 1. The number of thiophene rings is 1. The van der Waals surface area contributed by atoms with Gasteiger partial charge in [-0.3, -0.25) is 4.79 Å². The van der Waals surface area contributed by atoms with Crippen molar-refractivity contribution in [2.45, 2.75) is 20.0 Å². The quantitative estimate of drug-likeness (QED) is 0.811. The summed E-state index contributed by atoms with van der Waals surface area (Å²) in [6.07, 6.45) is -0.358. The van der Waals surface area contributed by atoms with Crippen molar-refractivity contribution in [3.05, 3.63) is 32.1 Å². The molecular formula is C13H14BrN3O3S. The number of carbonyl (C=O) groups excluding carboxylic acids is 1. The van der Waals surface area contributed by atoms with Gasteiger partial charge in [-0.05, 0) is 33.8 Å². The summed E-state index contributed by atoms with van der Waals surface area (Å²) in [6.45, 7) is 5.14. The number of morpholine rings is 1. The Morgan fingerprint density at radius 2 is 2.29 bits per heavy atom. The summed E-state index contributed by atoms with van der Waals surface area (Å²) in [5.74, 6) is 0.921. The van der Waals surface area contributed by atoms with Crippen molar-refractivity contribution >= 4 is 33.2 Å². The average Bonchev–Trinajstić information content (AvgIpc) is 3.06. The second-order valence-corrected chi connectivity index (χ2v) is 6.50. The standard InChI is InChI=1S/C13H14BrN3O3S/c1-7-6-21-11(10(7)14)13(18)17-3-4-19-9(5-17)12-16-15-8(2)20-12/h6,9H,3-5H2,1-2H3. The first kappa shape index (κ1) is 14.7. The first-order valence-electron chi connectivity index (χ1n) is 6.50. The van der Waals surface area contributed by atoms with Crippen LogP contribution in [0.15, 0.2) is 14.3 Å². The minimum atomic E-state index is -0.358. The first-order valence-corrected chi connectivity index (χ1v) is 8.18. The van der Waals surface area contributed by atoms with Crippen LogP contribution in [0.3, 0.4) is 0 Å². The molecule has 1 unspecified atom stereocenters. The molecular weight excluding hydrogens is 358 g/mol. The zero-order valence-electron chi connectivity index (χ0n) is 11.6. The normalized spacial score (nSPS) is 19.0.